The third kappa shape index (κ3) is 16.1. The molecule has 0 aliphatic carbocycles. The Hall–Kier alpha value is 0.490. The van der Waals surface area contributed by atoms with Crippen molar-refractivity contribution in [3.63, 3.8) is 0 Å². The molecule has 8 heavy (non-hydrogen) atoms. The number of aliphatic hydroxyl groups excluding tert-OH is 1. The van der Waals surface area contributed by atoms with Gasteiger partial charge in [-0.3, -0.25) is 0 Å². The lowest BCUT2D eigenvalue weighted by Crippen LogP contribution is -1.75. The van der Waals surface area contributed by atoms with Crippen LogP contribution in [0.4, 0.5) is 0 Å². The number of rotatable bonds is 1. The van der Waals surface area contributed by atoms with Gasteiger partial charge in [0, 0.05) is 14.2 Å². The first-order chi connectivity index (χ1) is 3.56. The zero-order valence-electron chi connectivity index (χ0n) is 4.61. The van der Waals surface area contributed by atoms with Gasteiger partial charge in [-0.1, -0.05) is 0 Å². The van der Waals surface area contributed by atoms with Crippen LogP contribution in [0.25, 0.3) is 0 Å². The zero-order valence-corrected chi connectivity index (χ0v) is 6.32. The second-order valence-corrected chi connectivity index (χ2v) is 3.45. The molecule has 0 bridgehead atoms. The summed E-state index contributed by atoms with van der Waals surface area (Å²) in [5, 5.41) is 7.00. The fourth-order valence-electron chi connectivity index (χ4n) is 0. The Morgan fingerprint density at radius 1 is 1.38 bits per heavy atom. The first-order valence-electron chi connectivity index (χ1n) is 1.62. The van der Waals surface area contributed by atoms with Gasteiger partial charge in [-0.2, -0.15) is 0 Å². The topological polar surface area (TPSA) is 69.9 Å². The van der Waals surface area contributed by atoms with Crippen LogP contribution >= 0.6 is 6.72 Å². The predicted octanol–water partition coefficient (Wildman–Crippen LogP) is -0.550. The molecule has 0 unspecified atom stereocenters. The van der Waals surface area contributed by atoms with E-state index in [1.54, 1.807) is 0 Å². The average molecular weight is 160 g/mol. The van der Waals surface area contributed by atoms with Gasteiger partial charge < -0.3 is 19.4 Å². The Labute approximate surface area is 53.0 Å². The molecule has 0 atom stereocenters. The predicted molar refractivity (Wildman–Crippen MR) is 33.9 cm³/mol. The summed E-state index contributed by atoms with van der Waals surface area (Å²) in [5.74, 6) is 0. The van der Waals surface area contributed by atoms with Gasteiger partial charge in [-0.05, 0) is 11.8 Å². The molecule has 0 aliphatic rings. The third-order valence-electron chi connectivity index (χ3n) is 0.238. The highest BCUT2D eigenvalue weighted by atomic mass is 32.5. The van der Waals surface area contributed by atoms with Crippen LogP contribution < -0.4 is 0 Å². The van der Waals surface area contributed by atoms with E-state index < -0.39 is 6.72 Å². The van der Waals surface area contributed by atoms with Crippen molar-refractivity contribution < 1.29 is 19.4 Å². The van der Waals surface area contributed by atoms with Crippen LogP contribution in [0.1, 0.15) is 0 Å². The van der Waals surface area contributed by atoms with Gasteiger partial charge in [-0.25, -0.2) is 0 Å². The molecule has 52 valence electrons. The molecule has 0 rings (SSSR count). The number of hydrogen-bond acceptors (Lipinski definition) is 3. The lowest BCUT2D eigenvalue weighted by Gasteiger charge is -1.98. The highest BCUT2D eigenvalue weighted by Gasteiger charge is 1.99. The van der Waals surface area contributed by atoms with Crippen molar-refractivity contribution >= 4 is 18.5 Å². The molecule has 0 aromatic heterocycles. The quantitative estimate of drug-likeness (QED) is 0.449. The average Bonchev–Trinajstić information content (AvgIpc) is 1.71. The van der Waals surface area contributed by atoms with Crippen LogP contribution in [0.15, 0.2) is 0 Å². The smallest absolute Gasteiger partial charge is 0.321 e. The van der Waals surface area contributed by atoms with E-state index in [-0.39, 0.29) is 0 Å². The van der Waals surface area contributed by atoms with Crippen molar-refractivity contribution in [2.24, 2.45) is 0 Å². The van der Waals surface area contributed by atoms with E-state index in [0.29, 0.717) is 0 Å². The normalized spacial score (nSPS) is 9.62. The molecule has 0 saturated carbocycles. The van der Waals surface area contributed by atoms with E-state index >= 15 is 0 Å². The summed E-state index contributed by atoms with van der Waals surface area (Å²) in [6.07, 6.45) is 0. The van der Waals surface area contributed by atoms with E-state index in [1.807, 2.05) is 0 Å². The minimum atomic E-state index is -3.31. The molecule has 0 aromatic carbocycles. The SMILES string of the molecule is CO.COP(O)(O)=S. The molecular formula is C2H9O4PS. The summed E-state index contributed by atoms with van der Waals surface area (Å²) in [5.41, 5.74) is 0. The molecule has 0 saturated heterocycles. The lowest BCUT2D eigenvalue weighted by atomic mass is 11.8. The van der Waals surface area contributed by atoms with Crippen LogP contribution in [0.3, 0.4) is 0 Å². The van der Waals surface area contributed by atoms with Gasteiger partial charge in [0.25, 0.3) is 0 Å². The van der Waals surface area contributed by atoms with Gasteiger partial charge in [0.05, 0.1) is 0 Å². The first kappa shape index (κ1) is 11.3. The van der Waals surface area contributed by atoms with Gasteiger partial charge in [0.1, 0.15) is 0 Å². The summed E-state index contributed by atoms with van der Waals surface area (Å²) in [6, 6.07) is 0. The summed E-state index contributed by atoms with van der Waals surface area (Å²) < 4.78 is 3.97. The number of aliphatic hydroxyl groups is 1. The Balaban J connectivity index is 0. The second kappa shape index (κ2) is 5.62. The summed E-state index contributed by atoms with van der Waals surface area (Å²) in [7, 11) is 2.15. The molecule has 4 nitrogen and oxygen atoms in total. The zero-order chi connectivity index (χ0) is 7.21. The molecule has 0 fully saturated rings. The summed E-state index contributed by atoms with van der Waals surface area (Å²) in [4.78, 5) is 16.2. The van der Waals surface area contributed by atoms with Crippen molar-refractivity contribution in [3.05, 3.63) is 0 Å². The highest BCUT2D eigenvalue weighted by molar-refractivity contribution is 8.06. The Kier molecular flexibility index (Phi) is 7.95. The van der Waals surface area contributed by atoms with Crippen molar-refractivity contribution in [1.29, 1.82) is 0 Å². The van der Waals surface area contributed by atoms with Crippen molar-refractivity contribution in [2.75, 3.05) is 14.2 Å². The fourth-order valence-corrected chi connectivity index (χ4v) is 0. The maximum atomic E-state index is 8.09. The molecule has 0 radical (unpaired) electrons. The summed E-state index contributed by atoms with van der Waals surface area (Å²) in [6.45, 7) is -3.31. The van der Waals surface area contributed by atoms with Gasteiger partial charge >= 0.3 is 6.72 Å². The van der Waals surface area contributed by atoms with Crippen LogP contribution in [-0.4, -0.2) is 29.1 Å². The Morgan fingerprint density at radius 3 is 1.50 bits per heavy atom. The van der Waals surface area contributed by atoms with Crippen molar-refractivity contribution in [3.8, 4) is 0 Å². The molecule has 0 heterocycles. The van der Waals surface area contributed by atoms with E-state index in [4.69, 9.17) is 14.9 Å². The van der Waals surface area contributed by atoms with Crippen LogP contribution in [-0.2, 0) is 16.3 Å². The van der Waals surface area contributed by atoms with E-state index in [2.05, 4.69) is 16.3 Å². The molecule has 6 heteroatoms. The van der Waals surface area contributed by atoms with Crippen molar-refractivity contribution in [1.82, 2.24) is 0 Å². The summed E-state index contributed by atoms with van der Waals surface area (Å²) >= 11 is 3.99. The number of hydrogen-bond donors (Lipinski definition) is 3. The molecular weight excluding hydrogens is 151 g/mol. The second-order valence-electron chi connectivity index (χ2n) is 0.673. The van der Waals surface area contributed by atoms with Gasteiger partial charge in [-0.15, -0.1) is 0 Å². The maximum absolute atomic E-state index is 8.09. The molecule has 3 N–H and O–H groups in total. The van der Waals surface area contributed by atoms with Crippen LogP contribution in [0.2, 0.25) is 0 Å². The third-order valence-corrected chi connectivity index (χ3v) is 1.16. The highest BCUT2D eigenvalue weighted by Crippen LogP contribution is 2.34. The van der Waals surface area contributed by atoms with Gasteiger partial charge in [0.2, 0.25) is 0 Å². The van der Waals surface area contributed by atoms with Crippen LogP contribution in [0, 0.1) is 0 Å². The largest absolute Gasteiger partial charge is 0.400 e. The monoisotopic (exact) mass is 160 g/mol. The Morgan fingerprint density at radius 2 is 1.50 bits per heavy atom. The van der Waals surface area contributed by atoms with E-state index in [0.717, 1.165) is 14.2 Å². The minimum absolute atomic E-state index is 1.00. The molecule has 0 amide bonds. The maximum Gasteiger partial charge on any atom is 0.321 e. The minimum Gasteiger partial charge on any atom is -0.400 e. The molecule has 0 spiro atoms. The molecule has 0 aromatic rings. The molecule has 0 aliphatic heterocycles. The standard InChI is InChI=1S/CH5O3PS.CH4O/c1-4-5(2,3)6;1-2/h1H3,(H2,2,3,6);2H,1H3. The van der Waals surface area contributed by atoms with E-state index in [1.165, 1.54) is 0 Å². The van der Waals surface area contributed by atoms with Crippen molar-refractivity contribution in [2.45, 2.75) is 0 Å². The van der Waals surface area contributed by atoms with Crippen LogP contribution in [0.5, 0.6) is 0 Å². The fraction of sp³-hybridized carbons (Fsp3) is 1.00. The first-order valence-corrected chi connectivity index (χ1v) is 4.25. The Bertz CT molecular complexity index is 78.1. The van der Waals surface area contributed by atoms with Gasteiger partial charge in [0.15, 0.2) is 0 Å². The lowest BCUT2D eigenvalue weighted by molar-refractivity contribution is 0.306. The van der Waals surface area contributed by atoms with E-state index in [9.17, 15) is 0 Å².